The lowest BCUT2D eigenvalue weighted by molar-refractivity contribution is -0.123. The average molecular weight is 201 g/mol. The van der Waals surface area contributed by atoms with Crippen LogP contribution in [0, 0.1) is 5.92 Å². The second-order valence-corrected chi connectivity index (χ2v) is 3.69. The van der Waals surface area contributed by atoms with Gasteiger partial charge in [0.05, 0.1) is 0 Å². The molecule has 0 bridgehead atoms. The molecule has 0 unspecified atom stereocenters. The van der Waals surface area contributed by atoms with Gasteiger partial charge in [0.25, 0.3) is 0 Å². The molecule has 0 atom stereocenters. The van der Waals surface area contributed by atoms with Crippen molar-refractivity contribution in [3.05, 3.63) is 0 Å². The molecule has 84 valence electrons. The summed E-state index contributed by atoms with van der Waals surface area (Å²) in [7, 11) is 0. The van der Waals surface area contributed by atoms with Crippen molar-refractivity contribution in [1.82, 2.24) is 10.6 Å². The molecule has 4 N–H and O–H groups in total. The molecule has 0 aromatic carbocycles. The third kappa shape index (κ3) is 8.01. The monoisotopic (exact) mass is 201 g/mol. The van der Waals surface area contributed by atoms with Crippen LogP contribution < -0.4 is 16.4 Å². The van der Waals surface area contributed by atoms with Gasteiger partial charge >= 0.3 is 0 Å². The Morgan fingerprint density at radius 2 is 1.86 bits per heavy atom. The van der Waals surface area contributed by atoms with Gasteiger partial charge in [0, 0.05) is 12.5 Å². The Bertz CT molecular complexity index is 148. The van der Waals surface area contributed by atoms with Crippen molar-refractivity contribution in [2.24, 2.45) is 11.7 Å². The van der Waals surface area contributed by atoms with Crippen LogP contribution in [0.3, 0.4) is 0 Å². The van der Waals surface area contributed by atoms with Gasteiger partial charge in [0.15, 0.2) is 0 Å². The third-order valence-electron chi connectivity index (χ3n) is 1.91. The number of hydrogen-bond acceptors (Lipinski definition) is 3. The first-order valence-corrected chi connectivity index (χ1v) is 5.37. The van der Waals surface area contributed by atoms with Gasteiger partial charge in [0.2, 0.25) is 5.91 Å². The summed E-state index contributed by atoms with van der Waals surface area (Å²) in [6.45, 7) is 7.19. The minimum absolute atomic E-state index is 0.0835. The van der Waals surface area contributed by atoms with E-state index in [2.05, 4.69) is 10.6 Å². The summed E-state index contributed by atoms with van der Waals surface area (Å²) in [5.74, 6) is 0.215. The van der Waals surface area contributed by atoms with Crippen molar-refractivity contribution < 1.29 is 4.79 Å². The SMILES string of the molecule is CC(C)C(=O)NCCCNCCCN. The fraction of sp³-hybridized carbons (Fsp3) is 0.900. The van der Waals surface area contributed by atoms with Crippen LogP contribution in [0.4, 0.5) is 0 Å². The molecule has 0 aliphatic carbocycles. The zero-order valence-electron chi connectivity index (χ0n) is 9.31. The van der Waals surface area contributed by atoms with Gasteiger partial charge in [-0.1, -0.05) is 13.8 Å². The van der Waals surface area contributed by atoms with Crippen molar-refractivity contribution >= 4 is 5.91 Å². The molecule has 0 rings (SSSR count). The van der Waals surface area contributed by atoms with Crippen molar-refractivity contribution in [2.45, 2.75) is 26.7 Å². The highest BCUT2D eigenvalue weighted by Crippen LogP contribution is 1.89. The van der Waals surface area contributed by atoms with Crippen LogP contribution >= 0.6 is 0 Å². The van der Waals surface area contributed by atoms with Gasteiger partial charge in [-0.2, -0.15) is 0 Å². The van der Waals surface area contributed by atoms with Crippen molar-refractivity contribution in [2.75, 3.05) is 26.2 Å². The van der Waals surface area contributed by atoms with E-state index in [9.17, 15) is 4.79 Å². The Kier molecular flexibility index (Phi) is 8.57. The summed E-state index contributed by atoms with van der Waals surface area (Å²) >= 11 is 0. The van der Waals surface area contributed by atoms with Gasteiger partial charge in [-0.05, 0) is 32.5 Å². The molecule has 0 aliphatic rings. The van der Waals surface area contributed by atoms with Crippen LogP contribution in [0.1, 0.15) is 26.7 Å². The standard InChI is InChI=1S/C10H23N3O/c1-9(2)10(14)13-8-4-7-12-6-3-5-11/h9,12H,3-8,11H2,1-2H3,(H,13,14). The molecule has 1 amide bonds. The van der Waals surface area contributed by atoms with Crippen molar-refractivity contribution in [3.63, 3.8) is 0 Å². The van der Waals surface area contributed by atoms with E-state index in [0.29, 0.717) is 0 Å². The number of amides is 1. The molecule has 0 aliphatic heterocycles. The first kappa shape index (κ1) is 13.4. The molecular weight excluding hydrogens is 178 g/mol. The Labute approximate surface area is 86.6 Å². The normalized spacial score (nSPS) is 10.6. The number of nitrogens with one attached hydrogen (secondary N) is 2. The Morgan fingerprint density at radius 3 is 2.43 bits per heavy atom. The van der Waals surface area contributed by atoms with E-state index in [1.54, 1.807) is 0 Å². The second-order valence-electron chi connectivity index (χ2n) is 3.69. The summed E-state index contributed by atoms with van der Waals surface area (Å²) in [6.07, 6.45) is 1.99. The highest BCUT2D eigenvalue weighted by atomic mass is 16.1. The van der Waals surface area contributed by atoms with E-state index in [4.69, 9.17) is 5.73 Å². The quantitative estimate of drug-likeness (QED) is 0.487. The van der Waals surface area contributed by atoms with E-state index in [1.165, 1.54) is 0 Å². The van der Waals surface area contributed by atoms with E-state index in [0.717, 1.165) is 39.0 Å². The lowest BCUT2D eigenvalue weighted by Crippen LogP contribution is -2.30. The zero-order chi connectivity index (χ0) is 10.8. The molecule has 14 heavy (non-hydrogen) atoms. The zero-order valence-corrected chi connectivity index (χ0v) is 9.31. The minimum atomic E-state index is 0.0835. The van der Waals surface area contributed by atoms with Crippen LogP contribution in [0.25, 0.3) is 0 Å². The molecule has 4 heteroatoms. The molecule has 4 nitrogen and oxygen atoms in total. The van der Waals surface area contributed by atoms with Crippen molar-refractivity contribution in [1.29, 1.82) is 0 Å². The maximum absolute atomic E-state index is 11.1. The Morgan fingerprint density at radius 1 is 1.21 bits per heavy atom. The third-order valence-corrected chi connectivity index (χ3v) is 1.91. The van der Waals surface area contributed by atoms with Gasteiger partial charge in [0.1, 0.15) is 0 Å². The van der Waals surface area contributed by atoms with Crippen LogP contribution in [-0.4, -0.2) is 32.1 Å². The molecule has 0 aromatic heterocycles. The average Bonchev–Trinajstić information content (AvgIpc) is 2.16. The number of hydrogen-bond donors (Lipinski definition) is 3. The molecule has 0 saturated heterocycles. The lowest BCUT2D eigenvalue weighted by Gasteiger charge is -2.07. The summed E-state index contributed by atoms with van der Waals surface area (Å²) in [4.78, 5) is 11.1. The molecule has 0 fully saturated rings. The summed E-state index contributed by atoms with van der Waals surface area (Å²) in [5.41, 5.74) is 5.35. The number of carbonyl (C=O) groups is 1. The van der Waals surface area contributed by atoms with Gasteiger partial charge in [-0.3, -0.25) is 4.79 Å². The van der Waals surface area contributed by atoms with E-state index in [-0.39, 0.29) is 11.8 Å². The summed E-state index contributed by atoms with van der Waals surface area (Å²) < 4.78 is 0. The van der Waals surface area contributed by atoms with Crippen molar-refractivity contribution in [3.8, 4) is 0 Å². The van der Waals surface area contributed by atoms with Crippen LogP contribution in [0.5, 0.6) is 0 Å². The molecule has 0 aromatic rings. The Hall–Kier alpha value is -0.610. The first-order chi connectivity index (χ1) is 6.68. The van der Waals surface area contributed by atoms with E-state index >= 15 is 0 Å². The highest BCUT2D eigenvalue weighted by Gasteiger charge is 2.04. The first-order valence-electron chi connectivity index (χ1n) is 5.37. The van der Waals surface area contributed by atoms with Gasteiger partial charge < -0.3 is 16.4 Å². The fourth-order valence-corrected chi connectivity index (χ4v) is 0.981. The number of rotatable bonds is 8. The fourth-order valence-electron chi connectivity index (χ4n) is 0.981. The summed E-state index contributed by atoms with van der Waals surface area (Å²) in [6, 6.07) is 0. The Balaban J connectivity index is 3.10. The maximum Gasteiger partial charge on any atom is 0.222 e. The second kappa shape index (κ2) is 8.97. The summed E-state index contributed by atoms with van der Waals surface area (Å²) in [5, 5.41) is 6.13. The van der Waals surface area contributed by atoms with Crippen LogP contribution in [0.2, 0.25) is 0 Å². The molecule has 0 heterocycles. The number of nitrogens with two attached hydrogens (primary N) is 1. The van der Waals surface area contributed by atoms with Crippen LogP contribution in [-0.2, 0) is 4.79 Å². The molecule has 0 saturated carbocycles. The molecule has 0 spiro atoms. The van der Waals surface area contributed by atoms with Gasteiger partial charge in [-0.25, -0.2) is 0 Å². The smallest absolute Gasteiger partial charge is 0.222 e. The molecular formula is C10H23N3O. The number of carbonyl (C=O) groups excluding carboxylic acids is 1. The van der Waals surface area contributed by atoms with Crippen LogP contribution in [0.15, 0.2) is 0 Å². The predicted octanol–water partition coefficient (Wildman–Crippen LogP) is 0.0871. The van der Waals surface area contributed by atoms with E-state index in [1.807, 2.05) is 13.8 Å². The minimum Gasteiger partial charge on any atom is -0.356 e. The predicted molar refractivity (Wildman–Crippen MR) is 59.0 cm³/mol. The maximum atomic E-state index is 11.1. The highest BCUT2D eigenvalue weighted by molar-refractivity contribution is 5.77. The van der Waals surface area contributed by atoms with Gasteiger partial charge in [-0.15, -0.1) is 0 Å². The largest absolute Gasteiger partial charge is 0.356 e. The van der Waals surface area contributed by atoms with E-state index < -0.39 is 0 Å². The molecule has 0 radical (unpaired) electrons. The lowest BCUT2D eigenvalue weighted by atomic mass is 10.2. The topological polar surface area (TPSA) is 67.2 Å².